The summed E-state index contributed by atoms with van der Waals surface area (Å²) >= 11 is 5.91. The van der Waals surface area contributed by atoms with Crippen LogP contribution in [0.4, 0.5) is 10.5 Å². The van der Waals surface area contributed by atoms with Crippen molar-refractivity contribution in [2.45, 2.75) is 0 Å². The van der Waals surface area contributed by atoms with Crippen molar-refractivity contribution in [1.82, 2.24) is 0 Å². The molecule has 1 N–H and O–H groups in total. The number of rotatable bonds is 4. The van der Waals surface area contributed by atoms with Crippen LogP contribution in [0.2, 0.25) is 5.02 Å². The first-order valence-electron chi connectivity index (χ1n) is 6.09. The molecule has 1 amide bonds. The summed E-state index contributed by atoms with van der Waals surface area (Å²) < 4.78 is 5.04. The molecule has 2 rings (SSSR count). The zero-order chi connectivity index (χ0) is 15.1. The van der Waals surface area contributed by atoms with E-state index in [1.165, 1.54) is 6.21 Å². The fraction of sp³-hybridized carbons (Fsp3) is 0.0667. The molecule has 0 spiro atoms. The Kier molecular flexibility index (Phi) is 5.17. The Morgan fingerprint density at radius 2 is 1.90 bits per heavy atom. The minimum Gasteiger partial charge on any atom is -0.497 e. The van der Waals surface area contributed by atoms with Gasteiger partial charge in [-0.1, -0.05) is 28.9 Å². The van der Waals surface area contributed by atoms with Crippen LogP contribution in [0.15, 0.2) is 53.7 Å². The van der Waals surface area contributed by atoms with E-state index in [9.17, 15) is 4.79 Å². The number of oxime groups is 1. The summed E-state index contributed by atoms with van der Waals surface area (Å²) in [5, 5.41) is 6.51. The Hall–Kier alpha value is -2.53. The number of para-hydroxylation sites is 1. The number of methoxy groups -OCH3 is 1. The summed E-state index contributed by atoms with van der Waals surface area (Å²) in [7, 11) is 1.59. The second-order valence-electron chi connectivity index (χ2n) is 3.99. The molecule has 0 atom stereocenters. The highest BCUT2D eigenvalue weighted by molar-refractivity contribution is 6.33. The molecule has 0 saturated carbocycles. The highest BCUT2D eigenvalue weighted by Gasteiger charge is 2.05. The van der Waals surface area contributed by atoms with Crippen LogP contribution >= 0.6 is 11.6 Å². The van der Waals surface area contributed by atoms with Gasteiger partial charge in [0.1, 0.15) is 5.75 Å². The fourth-order valence-electron chi connectivity index (χ4n) is 1.52. The molecule has 21 heavy (non-hydrogen) atoms. The van der Waals surface area contributed by atoms with Gasteiger partial charge in [0.2, 0.25) is 0 Å². The molecular weight excluding hydrogens is 292 g/mol. The number of carbonyl (C=O) groups excluding carboxylic acids is 1. The van der Waals surface area contributed by atoms with Crippen molar-refractivity contribution in [3.05, 3.63) is 59.1 Å². The smallest absolute Gasteiger partial charge is 0.437 e. The third-order valence-corrected chi connectivity index (χ3v) is 2.89. The number of nitrogens with zero attached hydrogens (tertiary/aromatic N) is 1. The highest BCUT2D eigenvalue weighted by Crippen LogP contribution is 2.20. The topological polar surface area (TPSA) is 59.9 Å². The average molecular weight is 305 g/mol. The van der Waals surface area contributed by atoms with Crippen molar-refractivity contribution in [2.75, 3.05) is 12.4 Å². The summed E-state index contributed by atoms with van der Waals surface area (Å²) in [5.41, 5.74) is 1.24. The van der Waals surface area contributed by atoms with Crippen molar-refractivity contribution in [2.24, 2.45) is 5.16 Å². The molecule has 0 aliphatic heterocycles. The van der Waals surface area contributed by atoms with Gasteiger partial charge in [-0.15, -0.1) is 0 Å². The van der Waals surface area contributed by atoms with Gasteiger partial charge in [-0.3, -0.25) is 10.2 Å². The molecule has 5 nitrogen and oxygen atoms in total. The Morgan fingerprint density at radius 3 is 2.57 bits per heavy atom. The van der Waals surface area contributed by atoms with Crippen LogP contribution in [0.1, 0.15) is 5.56 Å². The van der Waals surface area contributed by atoms with E-state index < -0.39 is 6.09 Å². The normalized spacial score (nSPS) is 10.4. The minimum atomic E-state index is -0.715. The summed E-state index contributed by atoms with van der Waals surface area (Å²) in [6, 6.07) is 14.0. The Morgan fingerprint density at radius 1 is 1.19 bits per heavy atom. The molecule has 0 saturated heterocycles. The molecule has 0 radical (unpaired) electrons. The van der Waals surface area contributed by atoms with E-state index in [4.69, 9.17) is 21.2 Å². The van der Waals surface area contributed by atoms with Gasteiger partial charge in [0, 0.05) is 0 Å². The van der Waals surface area contributed by atoms with Gasteiger partial charge >= 0.3 is 6.09 Å². The van der Waals surface area contributed by atoms with Gasteiger partial charge in [0.25, 0.3) is 0 Å². The van der Waals surface area contributed by atoms with E-state index in [-0.39, 0.29) is 0 Å². The lowest BCUT2D eigenvalue weighted by molar-refractivity contribution is 0.167. The van der Waals surface area contributed by atoms with Gasteiger partial charge in [0.15, 0.2) is 0 Å². The number of hydrogen-bond acceptors (Lipinski definition) is 4. The maximum atomic E-state index is 11.5. The van der Waals surface area contributed by atoms with Crippen LogP contribution < -0.4 is 10.1 Å². The number of halogens is 1. The summed E-state index contributed by atoms with van der Waals surface area (Å²) in [5.74, 6) is 0.740. The van der Waals surface area contributed by atoms with Crippen LogP contribution in [-0.2, 0) is 4.84 Å². The molecular formula is C15H13ClN2O3. The van der Waals surface area contributed by atoms with Crippen molar-refractivity contribution in [1.29, 1.82) is 0 Å². The van der Waals surface area contributed by atoms with Gasteiger partial charge < -0.3 is 4.74 Å². The Labute approximate surface area is 127 Å². The number of ether oxygens (including phenoxy) is 1. The van der Waals surface area contributed by atoms with E-state index in [1.807, 2.05) is 0 Å². The number of amides is 1. The predicted octanol–water partition coefficient (Wildman–Crippen LogP) is 3.93. The second kappa shape index (κ2) is 7.31. The number of carbonyl (C=O) groups is 1. The Bertz CT molecular complexity index is 642. The lowest BCUT2D eigenvalue weighted by Gasteiger charge is -2.04. The number of benzene rings is 2. The number of hydrogen-bond donors (Lipinski definition) is 1. The fourth-order valence-corrected chi connectivity index (χ4v) is 1.70. The highest BCUT2D eigenvalue weighted by atomic mass is 35.5. The zero-order valence-corrected chi connectivity index (χ0v) is 12.0. The third kappa shape index (κ3) is 4.50. The van der Waals surface area contributed by atoms with Gasteiger partial charge in [0.05, 0.1) is 24.0 Å². The maximum absolute atomic E-state index is 11.5. The molecule has 0 aliphatic carbocycles. The largest absolute Gasteiger partial charge is 0.497 e. The molecule has 2 aromatic rings. The first-order chi connectivity index (χ1) is 10.2. The van der Waals surface area contributed by atoms with Gasteiger partial charge in [-0.25, -0.2) is 4.79 Å². The van der Waals surface area contributed by atoms with Gasteiger partial charge in [-0.2, -0.15) is 0 Å². The summed E-state index contributed by atoms with van der Waals surface area (Å²) in [6.45, 7) is 0. The third-order valence-electron chi connectivity index (χ3n) is 2.56. The quantitative estimate of drug-likeness (QED) is 0.529. The van der Waals surface area contributed by atoms with Crippen LogP contribution in [0.5, 0.6) is 5.75 Å². The van der Waals surface area contributed by atoms with Crippen LogP contribution in [-0.4, -0.2) is 19.4 Å². The predicted molar refractivity (Wildman–Crippen MR) is 82.1 cm³/mol. The average Bonchev–Trinajstić information content (AvgIpc) is 2.50. The van der Waals surface area contributed by atoms with Crippen LogP contribution in [0, 0.1) is 0 Å². The lowest BCUT2D eigenvalue weighted by atomic mass is 10.2. The zero-order valence-electron chi connectivity index (χ0n) is 11.2. The summed E-state index contributed by atoms with van der Waals surface area (Å²) in [4.78, 5) is 16.2. The molecule has 0 aromatic heterocycles. The number of nitrogens with one attached hydrogen (secondary N) is 1. The van der Waals surface area contributed by atoms with Crippen molar-refractivity contribution < 1.29 is 14.4 Å². The Balaban J connectivity index is 1.88. The van der Waals surface area contributed by atoms with Crippen LogP contribution in [0.25, 0.3) is 0 Å². The van der Waals surface area contributed by atoms with E-state index in [0.717, 1.165) is 11.3 Å². The van der Waals surface area contributed by atoms with Gasteiger partial charge in [-0.05, 0) is 42.0 Å². The van der Waals surface area contributed by atoms with E-state index >= 15 is 0 Å². The molecule has 0 heterocycles. The standard InChI is InChI=1S/C15H13ClN2O3/c1-20-12-8-6-11(7-9-12)10-17-21-15(19)18-14-5-3-2-4-13(14)16/h2-10H,1H3,(H,18,19)/b17-10+. The molecule has 2 aromatic carbocycles. The van der Waals surface area contributed by atoms with Crippen LogP contribution in [0.3, 0.4) is 0 Å². The van der Waals surface area contributed by atoms with Crippen molar-refractivity contribution in [3.63, 3.8) is 0 Å². The van der Waals surface area contributed by atoms with Crippen molar-refractivity contribution >= 4 is 29.6 Å². The van der Waals surface area contributed by atoms with E-state index in [2.05, 4.69) is 10.5 Å². The molecule has 0 fully saturated rings. The first kappa shape index (κ1) is 14.9. The molecule has 108 valence electrons. The van der Waals surface area contributed by atoms with E-state index in [1.54, 1.807) is 55.6 Å². The molecule has 0 aliphatic rings. The minimum absolute atomic E-state index is 0.425. The SMILES string of the molecule is COc1ccc(/C=N/OC(=O)Nc2ccccc2Cl)cc1. The monoisotopic (exact) mass is 304 g/mol. The molecule has 6 heteroatoms. The molecule has 0 unspecified atom stereocenters. The maximum Gasteiger partial charge on any atom is 0.437 e. The second-order valence-corrected chi connectivity index (χ2v) is 4.40. The lowest BCUT2D eigenvalue weighted by Crippen LogP contribution is -2.11. The van der Waals surface area contributed by atoms with E-state index in [0.29, 0.717) is 10.7 Å². The first-order valence-corrected chi connectivity index (χ1v) is 6.47. The summed E-state index contributed by atoms with van der Waals surface area (Å²) in [6.07, 6.45) is 0.707. The van der Waals surface area contributed by atoms with Crippen molar-refractivity contribution in [3.8, 4) is 5.75 Å². The number of anilines is 1. The molecule has 0 bridgehead atoms.